The van der Waals surface area contributed by atoms with E-state index in [1.54, 1.807) is 0 Å². The van der Waals surface area contributed by atoms with Crippen molar-refractivity contribution in [2.45, 2.75) is 45.3 Å². The summed E-state index contributed by atoms with van der Waals surface area (Å²) < 4.78 is 0. The third-order valence-electron chi connectivity index (χ3n) is 4.17. The van der Waals surface area contributed by atoms with Crippen LogP contribution in [-0.2, 0) is 27.3 Å². The lowest BCUT2D eigenvalue weighted by Crippen LogP contribution is -2.55. The lowest BCUT2D eigenvalue weighted by atomic mass is 9.95. The Balaban J connectivity index is 1.99. The van der Waals surface area contributed by atoms with Gasteiger partial charge in [-0.05, 0) is 29.9 Å². The predicted molar refractivity (Wildman–Crippen MR) is 94.4 cm³/mol. The summed E-state index contributed by atoms with van der Waals surface area (Å²) in [6, 6.07) is 6.91. The summed E-state index contributed by atoms with van der Waals surface area (Å²) in [6.45, 7) is 4.32. The summed E-state index contributed by atoms with van der Waals surface area (Å²) >= 11 is 0. The molecule has 7 heteroatoms. The second-order valence-electron chi connectivity index (χ2n) is 6.78. The molecule has 2 rings (SSSR count). The van der Waals surface area contributed by atoms with Crippen molar-refractivity contribution in [1.82, 2.24) is 16.0 Å². The van der Waals surface area contributed by atoms with Crippen molar-refractivity contribution < 1.29 is 14.4 Å². The molecule has 1 heterocycles. The average molecular weight is 346 g/mol. The van der Waals surface area contributed by atoms with Gasteiger partial charge in [0.1, 0.15) is 6.04 Å². The maximum atomic E-state index is 12.6. The molecule has 25 heavy (non-hydrogen) atoms. The molecule has 0 saturated heterocycles. The summed E-state index contributed by atoms with van der Waals surface area (Å²) in [5, 5.41) is 8.47. The maximum absolute atomic E-state index is 12.6. The zero-order valence-corrected chi connectivity index (χ0v) is 14.7. The number of amides is 3. The predicted octanol–water partition coefficient (Wildman–Crippen LogP) is -0.167. The van der Waals surface area contributed by atoms with Crippen LogP contribution >= 0.6 is 0 Å². The first-order valence-electron chi connectivity index (χ1n) is 8.53. The smallest absolute Gasteiger partial charge is 0.243 e. The lowest BCUT2D eigenvalue weighted by molar-refractivity contribution is -0.131. The van der Waals surface area contributed by atoms with Crippen LogP contribution in [0.4, 0.5) is 0 Å². The molecule has 0 aliphatic carbocycles. The van der Waals surface area contributed by atoms with E-state index in [-0.39, 0.29) is 24.4 Å². The summed E-state index contributed by atoms with van der Waals surface area (Å²) in [5.41, 5.74) is 7.38. The summed E-state index contributed by atoms with van der Waals surface area (Å²) in [4.78, 5) is 35.7. The van der Waals surface area contributed by atoms with Crippen LogP contribution in [0.15, 0.2) is 24.3 Å². The standard InChI is InChI=1S/C18H26N4O3/c1-11(2)7-15(17(24)21-10-16(19)23)22-18(25)14-8-12-5-3-4-6-13(12)9-20-14/h3-6,11,14-15,20H,7-10H2,1-2H3,(H2,19,23)(H,21,24)(H,22,25)/t14-,15-/m0/s1. The van der Waals surface area contributed by atoms with Crippen molar-refractivity contribution in [2.24, 2.45) is 11.7 Å². The topological polar surface area (TPSA) is 113 Å². The van der Waals surface area contributed by atoms with E-state index in [1.165, 1.54) is 5.56 Å². The highest BCUT2D eigenvalue weighted by Crippen LogP contribution is 2.16. The number of primary amides is 1. The fraction of sp³-hybridized carbons (Fsp3) is 0.500. The quantitative estimate of drug-likeness (QED) is 0.549. The Kier molecular flexibility index (Phi) is 6.52. The molecule has 2 atom stereocenters. The number of nitrogens with one attached hydrogen (secondary N) is 3. The number of carbonyl (C=O) groups excluding carboxylic acids is 3. The zero-order valence-electron chi connectivity index (χ0n) is 14.7. The number of fused-ring (bicyclic) bond motifs is 1. The van der Waals surface area contributed by atoms with Crippen LogP contribution in [0.1, 0.15) is 31.4 Å². The van der Waals surface area contributed by atoms with E-state index < -0.39 is 17.9 Å². The number of nitrogens with two attached hydrogens (primary N) is 1. The first-order valence-corrected chi connectivity index (χ1v) is 8.53. The molecule has 0 unspecified atom stereocenters. The van der Waals surface area contributed by atoms with Crippen molar-refractivity contribution in [3.05, 3.63) is 35.4 Å². The Labute approximate surface area is 147 Å². The minimum atomic E-state index is -0.689. The Hall–Kier alpha value is -2.41. The molecule has 5 N–H and O–H groups in total. The number of carbonyl (C=O) groups is 3. The molecule has 0 aromatic heterocycles. The van der Waals surface area contributed by atoms with E-state index in [0.717, 1.165) is 5.56 Å². The molecule has 1 aromatic rings. The van der Waals surface area contributed by atoms with Crippen molar-refractivity contribution >= 4 is 17.7 Å². The minimum absolute atomic E-state index is 0.213. The second-order valence-corrected chi connectivity index (χ2v) is 6.78. The fourth-order valence-corrected chi connectivity index (χ4v) is 2.91. The van der Waals surface area contributed by atoms with Crippen LogP contribution in [0.25, 0.3) is 0 Å². The molecule has 0 fully saturated rings. The van der Waals surface area contributed by atoms with Crippen LogP contribution in [0, 0.1) is 5.92 Å². The first kappa shape index (κ1) is 18.9. The zero-order chi connectivity index (χ0) is 18.4. The second kappa shape index (κ2) is 8.62. The van der Waals surface area contributed by atoms with E-state index in [4.69, 9.17) is 5.73 Å². The third kappa shape index (κ3) is 5.56. The fourth-order valence-electron chi connectivity index (χ4n) is 2.91. The van der Waals surface area contributed by atoms with Gasteiger partial charge >= 0.3 is 0 Å². The molecule has 0 radical (unpaired) electrons. The van der Waals surface area contributed by atoms with Gasteiger partial charge in [0.05, 0.1) is 12.6 Å². The van der Waals surface area contributed by atoms with Crippen molar-refractivity contribution in [3.8, 4) is 0 Å². The van der Waals surface area contributed by atoms with Gasteiger partial charge in [-0.15, -0.1) is 0 Å². The van der Waals surface area contributed by atoms with Gasteiger partial charge in [-0.2, -0.15) is 0 Å². The largest absolute Gasteiger partial charge is 0.368 e. The van der Waals surface area contributed by atoms with Gasteiger partial charge in [-0.25, -0.2) is 0 Å². The number of hydrogen-bond acceptors (Lipinski definition) is 4. The summed E-state index contributed by atoms with van der Waals surface area (Å²) in [5.74, 6) is -1.01. The first-order chi connectivity index (χ1) is 11.9. The normalized spacial score (nSPS) is 17.5. The van der Waals surface area contributed by atoms with E-state index >= 15 is 0 Å². The molecule has 1 aliphatic rings. The average Bonchev–Trinajstić information content (AvgIpc) is 2.58. The Morgan fingerprint density at radius 1 is 1.24 bits per heavy atom. The number of rotatable bonds is 7. The summed E-state index contributed by atoms with van der Waals surface area (Å²) in [7, 11) is 0. The van der Waals surface area contributed by atoms with Crippen molar-refractivity contribution in [1.29, 1.82) is 0 Å². The highest BCUT2D eigenvalue weighted by Gasteiger charge is 2.28. The van der Waals surface area contributed by atoms with E-state index in [1.807, 2.05) is 38.1 Å². The molecule has 136 valence electrons. The summed E-state index contributed by atoms with van der Waals surface area (Å²) in [6.07, 6.45) is 1.07. The van der Waals surface area contributed by atoms with Gasteiger partial charge < -0.3 is 21.7 Å². The van der Waals surface area contributed by atoms with Gasteiger partial charge in [0.2, 0.25) is 17.7 Å². The van der Waals surface area contributed by atoms with Crippen LogP contribution < -0.4 is 21.7 Å². The van der Waals surface area contributed by atoms with Crippen LogP contribution in [0.2, 0.25) is 0 Å². The molecule has 0 spiro atoms. The molecular formula is C18H26N4O3. The molecule has 1 aromatic carbocycles. The van der Waals surface area contributed by atoms with Gasteiger partial charge in [0.25, 0.3) is 0 Å². The number of benzene rings is 1. The maximum Gasteiger partial charge on any atom is 0.243 e. The van der Waals surface area contributed by atoms with Crippen LogP contribution in [-0.4, -0.2) is 36.3 Å². The van der Waals surface area contributed by atoms with Crippen LogP contribution in [0.3, 0.4) is 0 Å². The monoisotopic (exact) mass is 346 g/mol. The minimum Gasteiger partial charge on any atom is -0.368 e. The molecule has 0 bridgehead atoms. The van der Waals surface area contributed by atoms with Gasteiger partial charge in [-0.3, -0.25) is 14.4 Å². The van der Waals surface area contributed by atoms with E-state index in [2.05, 4.69) is 16.0 Å². The third-order valence-corrected chi connectivity index (χ3v) is 4.17. The molecular weight excluding hydrogens is 320 g/mol. The Bertz CT molecular complexity index is 645. The Morgan fingerprint density at radius 2 is 1.92 bits per heavy atom. The van der Waals surface area contributed by atoms with E-state index in [9.17, 15) is 14.4 Å². The Morgan fingerprint density at radius 3 is 2.56 bits per heavy atom. The van der Waals surface area contributed by atoms with Crippen molar-refractivity contribution in [2.75, 3.05) is 6.54 Å². The van der Waals surface area contributed by atoms with Gasteiger partial charge in [-0.1, -0.05) is 38.1 Å². The van der Waals surface area contributed by atoms with Gasteiger partial charge in [0.15, 0.2) is 0 Å². The lowest BCUT2D eigenvalue weighted by Gasteiger charge is -2.27. The molecule has 1 aliphatic heterocycles. The molecule has 0 saturated carbocycles. The molecule has 3 amide bonds. The van der Waals surface area contributed by atoms with Crippen molar-refractivity contribution in [3.63, 3.8) is 0 Å². The number of hydrogen-bond donors (Lipinski definition) is 4. The van der Waals surface area contributed by atoms with Crippen LogP contribution in [0.5, 0.6) is 0 Å². The SMILES string of the molecule is CC(C)C[C@H](NC(=O)[C@@H]1Cc2ccccc2CN1)C(=O)NCC(N)=O. The molecule has 7 nitrogen and oxygen atoms in total. The van der Waals surface area contributed by atoms with Gasteiger partial charge in [0, 0.05) is 6.54 Å². The highest BCUT2D eigenvalue weighted by atomic mass is 16.2. The van der Waals surface area contributed by atoms with E-state index in [0.29, 0.717) is 19.4 Å². The highest BCUT2D eigenvalue weighted by molar-refractivity contribution is 5.91.